The Bertz CT molecular complexity index is 424. The van der Waals surface area contributed by atoms with E-state index >= 15 is 0 Å². The number of benzene rings is 1. The molecule has 0 bridgehead atoms. The smallest absolute Gasteiger partial charge is 0.0846 e. The molecule has 1 aromatic carbocycles. The van der Waals surface area contributed by atoms with Gasteiger partial charge in [-0.05, 0) is 43.2 Å². The molecule has 2 heteroatoms. The largest absolute Gasteiger partial charge is 0.388 e. The molecule has 2 nitrogen and oxygen atoms in total. The highest BCUT2D eigenvalue weighted by Crippen LogP contribution is 2.40. The summed E-state index contributed by atoms with van der Waals surface area (Å²) in [6.07, 6.45) is 1.00. The Balaban J connectivity index is 2.11. The van der Waals surface area contributed by atoms with E-state index in [9.17, 15) is 5.11 Å². The fourth-order valence-electron chi connectivity index (χ4n) is 3.38. The molecule has 1 heterocycles. The highest BCUT2D eigenvalue weighted by atomic mass is 16.5. The lowest BCUT2D eigenvalue weighted by Crippen LogP contribution is -2.25. The number of aliphatic hydroxyl groups excluding tert-OH is 1. The standard InChI is InChI=1S/C18H28O2/c1-11(2)10-15-6-8-16(9-7-15)18(19)17-12(3)13(4)20-14(17)5/h6-9,11-14,17-19H,10H2,1-5H3. The molecule has 5 atom stereocenters. The quantitative estimate of drug-likeness (QED) is 0.901. The molecule has 1 aliphatic rings. The van der Waals surface area contributed by atoms with Crippen molar-refractivity contribution >= 4 is 0 Å². The molecule has 0 radical (unpaired) electrons. The van der Waals surface area contributed by atoms with Crippen molar-refractivity contribution in [3.63, 3.8) is 0 Å². The van der Waals surface area contributed by atoms with Crippen LogP contribution in [0.4, 0.5) is 0 Å². The lowest BCUT2D eigenvalue weighted by Gasteiger charge is -2.25. The topological polar surface area (TPSA) is 29.5 Å². The minimum absolute atomic E-state index is 0.116. The molecule has 1 aromatic rings. The number of rotatable bonds is 4. The Labute approximate surface area is 123 Å². The zero-order valence-electron chi connectivity index (χ0n) is 13.3. The van der Waals surface area contributed by atoms with Gasteiger partial charge in [-0.3, -0.25) is 0 Å². The Kier molecular flexibility index (Phi) is 4.87. The highest BCUT2D eigenvalue weighted by Gasteiger charge is 2.41. The van der Waals surface area contributed by atoms with Crippen molar-refractivity contribution < 1.29 is 9.84 Å². The van der Waals surface area contributed by atoms with Crippen LogP contribution in [0, 0.1) is 17.8 Å². The molecule has 1 aliphatic heterocycles. The van der Waals surface area contributed by atoms with Crippen molar-refractivity contribution in [1.29, 1.82) is 0 Å². The minimum Gasteiger partial charge on any atom is -0.388 e. The van der Waals surface area contributed by atoms with Crippen LogP contribution in [0.3, 0.4) is 0 Å². The van der Waals surface area contributed by atoms with E-state index < -0.39 is 6.10 Å². The van der Waals surface area contributed by atoms with E-state index in [0.29, 0.717) is 11.8 Å². The van der Waals surface area contributed by atoms with Gasteiger partial charge in [0.2, 0.25) is 0 Å². The van der Waals surface area contributed by atoms with Gasteiger partial charge in [0.25, 0.3) is 0 Å². The summed E-state index contributed by atoms with van der Waals surface area (Å²) in [7, 11) is 0. The molecule has 1 saturated heterocycles. The zero-order valence-corrected chi connectivity index (χ0v) is 13.3. The zero-order chi connectivity index (χ0) is 14.9. The first-order valence-corrected chi connectivity index (χ1v) is 7.82. The molecule has 2 rings (SSSR count). The predicted molar refractivity (Wildman–Crippen MR) is 82.6 cm³/mol. The molecule has 1 N–H and O–H groups in total. The first-order chi connectivity index (χ1) is 9.40. The maximum atomic E-state index is 10.7. The van der Waals surface area contributed by atoms with Crippen molar-refractivity contribution in [2.24, 2.45) is 17.8 Å². The average molecular weight is 276 g/mol. The number of hydrogen-bond donors (Lipinski definition) is 1. The summed E-state index contributed by atoms with van der Waals surface area (Å²) in [5.41, 5.74) is 2.35. The summed E-state index contributed by atoms with van der Waals surface area (Å²) < 4.78 is 5.85. The Hall–Kier alpha value is -0.860. The van der Waals surface area contributed by atoms with Crippen LogP contribution in [0.5, 0.6) is 0 Å². The van der Waals surface area contributed by atoms with Crippen LogP contribution in [-0.4, -0.2) is 17.3 Å². The Morgan fingerprint density at radius 1 is 1.05 bits per heavy atom. The monoisotopic (exact) mass is 276 g/mol. The van der Waals surface area contributed by atoms with Crippen LogP contribution < -0.4 is 0 Å². The SMILES string of the molecule is CC(C)Cc1ccc(C(O)C2C(C)OC(C)C2C)cc1. The average Bonchev–Trinajstić information content (AvgIpc) is 2.63. The fraction of sp³-hybridized carbons (Fsp3) is 0.667. The first-order valence-electron chi connectivity index (χ1n) is 7.82. The summed E-state index contributed by atoms with van der Waals surface area (Å²) in [6, 6.07) is 8.44. The molecule has 0 spiro atoms. The van der Waals surface area contributed by atoms with Gasteiger partial charge in [0.05, 0.1) is 18.3 Å². The molecule has 1 fully saturated rings. The first kappa shape index (κ1) is 15.5. The van der Waals surface area contributed by atoms with Crippen molar-refractivity contribution in [3.05, 3.63) is 35.4 Å². The summed E-state index contributed by atoms with van der Waals surface area (Å²) in [6.45, 7) is 10.8. The van der Waals surface area contributed by atoms with Gasteiger partial charge in [-0.2, -0.15) is 0 Å². The fourth-order valence-corrected chi connectivity index (χ4v) is 3.38. The molecule has 0 aromatic heterocycles. The maximum absolute atomic E-state index is 10.7. The van der Waals surface area contributed by atoms with E-state index in [1.165, 1.54) is 5.56 Å². The summed E-state index contributed by atoms with van der Waals surface area (Å²) in [4.78, 5) is 0. The molecule has 0 saturated carbocycles. The van der Waals surface area contributed by atoms with Crippen LogP contribution >= 0.6 is 0 Å². The predicted octanol–water partition coefficient (Wildman–Crippen LogP) is 3.98. The molecule has 5 unspecified atom stereocenters. The molecule has 112 valence electrons. The number of aliphatic hydroxyl groups is 1. The van der Waals surface area contributed by atoms with Crippen LogP contribution in [0.25, 0.3) is 0 Å². The van der Waals surface area contributed by atoms with Gasteiger partial charge in [0.15, 0.2) is 0 Å². The Morgan fingerprint density at radius 3 is 2.10 bits per heavy atom. The molecular weight excluding hydrogens is 248 g/mol. The van der Waals surface area contributed by atoms with Gasteiger partial charge in [0, 0.05) is 5.92 Å². The van der Waals surface area contributed by atoms with Crippen LogP contribution in [-0.2, 0) is 11.2 Å². The molecular formula is C18H28O2. The van der Waals surface area contributed by atoms with E-state index in [4.69, 9.17) is 4.74 Å². The third-order valence-electron chi connectivity index (χ3n) is 4.65. The lowest BCUT2D eigenvalue weighted by atomic mass is 9.82. The molecule has 20 heavy (non-hydrogen) atoms. The third kappa shape index (κ3) is 3.24. The maximum Gasteiger partial charge on any atom is 0.0846 e. The highest BCUT2D eigenvalue weighted by molar-refractivity contribution is 5.25. The lowest BCUT2D eigenvalue weighted by molar-refractivity contribution is 0.0231. The second-order valence-electron chi connectivity index (χ2n) is 6.77. The molecule has 0 aliphatic carbocycles. The van der Waals surface area contributed by atoms with Crippen molar-refractivity contribution in [3.8, 4) is 0 Å². The van der Waals surface area contributed by atoms with E-state index in [-0.39, 0.29) is 18.1 Å². The van der Waals surface area contributed by atoms with Crippen molar-refractivity contribution in [2.75, 3.05) is 0 Å². The van der Waals surface area contributed by atoms with Crippen molar-refractivity contribution in [1.82, 2.24) is 0 Å². The number of hydrogen-bond acceptors (Lipinski definition) is 2. The van der Waals surface area contributed by atoms with Gasteiger partial charge in [-0.25, -0.2) is 0 Å². The second kappa shape index (κ2) is 6.28. The summed E-state index contributed by atoms with van der Waals surface area (Å²) in [5, 5.41) is 10.7. The van der Waals surface area contributed by atoms with E-state index in [0.717, 1.165) is 12.0 Å². The molecule has 0 amide bonds. The van der Waals surface area contributed by atoms with Crippen LogP contribution in [0.2, 0.25) is 0 Å². The normalized spacial score (nSPS) is 31.8. The van der Waals surface area contributed by atoms with Gasteiger partial charge < -0.3 is 9.84 Å². The van der Waals surface area contributed by atoms with Gasteiger partial charge in [-0.15, -0.1) is 0 Å². The second-order valence-corrected chi connectivity index (χ2v) is 6.77. The van der Waals surface area contributed by atoms with Crippen LogP contribution in [0.1, 0.15) is 51.8 Å². The number of ether oxygens (including phenoxy) is 1. The van der Waals surface area contributed by atoms with E-state index in [2.05, 4.69) is 58.9 Å². The summed E-state index contributed by atoms with van der Waals surface area (Å²) >= 11 is 0. The summed E-state index contributed by atoms with van der Waals surface area (Å²) in [5.74, 6) is 1.23. The Morgan fingerprint density at radius 2 is 1.65 bits per heavy atom. The van der Waals surface area contributed by atoms with Gasteiger partial charge >= 0.3 is 0 Å². The van der Waals surface area contributed by atoms with Crippen LogP contribution in [0.15, 0.2) is 24.3 Å². The van der Waals surface area contributed by atoms with Gasteiger partial charge in [-0.1, -0.05) is 45.0 Å². The van der Waals surface area contributed by atoms with E-state index in [1.807, 2.05) is 0 Å². The van der Waals surface area contributed by atoms with Crippen molar-refractivity contribution in [2.45, 2.75) is 59.4 Å². The minimum atomic E-state index is -0.432. The van der Waals surface area contributed by atoms with Gasteiger partial charge in [0.1, 0.15) is 0 Å². The third-order valence-corrected chi connectivity index (χ3v) is 4.65. The van der Waals surface area contributed by atoms with E-state index in [1.54, 1.807) is 0 Å².